The van der Waals surface area contributed by atoms with Gasteiger partial charge in [0.25, 0.3) is 5.91 Å². The summed E-state index contributed by atoms with van der Waals surface area (Å²) in [5.74, 6) is -1.75. The number of hydrogen-bond donors (Lipinski definition) is 3. The first-order valence-electron chi connectivity index (χ1n) is 7.67. The van der Waals surface area contributed by atoms with Crippen molar-refractivity contribution in [1.82, 2.24) is 5.32 Å². The Balaban J connectivity index is 1.91. The SMILES string of the molecule is CC(=O)Nc1cccc(NS(=O)(=O)CCNC(=O)c2cccc(F)c2)c1. The lowest BCUT2D eigenvalue weighted by molar-refractivity contribution is -0.114. The van der Waals surface area contributed by atoms with Gasteiger partial charge in [0.1, 0.15) is 5.82 Å². The summed E-state index contributed by atoms with van der Waals surface area (Å²) < 4.78 is 39.6. The fraction of sp³-hybridized carbons (Fsp3) is 0.176. The zero-order valence-corrected chi connectivity index (χ0v) is 14.8. The van der Waals surface area contributed by atoms with Gasteiger partial charge in [-0.05, 0) is 36.4 Å². The lowest BCUT2D eigenvalue weighted by Crippen LogP contribution is -2.31. The fourth-order valence-corrected chi connectivity index (χ4v) is 3.08. The van der Waals surface area contributed by atoms with Gasteiger partial charge in [0.05, 0.1) is 11.4 Å². The van der Waals surface area contributed by atoms with Crippen LogP contribution in [-0.4, -0.2) is 32.5 Å². The largest absolute Gasteiger partial charge is 0.351 e. The monoisotopic (exact) mass is 379 g/mol. The maximum absolute atomic E-state index is 13.1. The Labute approximate surface area is 150 Å². The van der Waals surface area contributed by atoms with E-state index in [0.717, 1.165) is 6.07 Å². The standard InChI is InChI=1S/C17H18FN3O4S/c1-12(22)20-15-6-3-7-16(11-15)21-26(24,25)9-8-19-17(23)13-4-2-5-14(18)10-13/h2-7,10-11,21H,8-9H2,1H3,(H,19,23)(H,20,22). The molecule has 0 spiro atoms. The Morgan fingerprint density at radius 3 is 2.42 bits per heavy atom. The van der Waals surface area contributed by atoms with Crippen LogP contribution in [0.4, 0.5) is 15.8 Å². The van der Waals surface area contributed by atoms with Crippen molar-refractivity contribution >= 4 is 33.2 Å². The normalized spacial score (nSPS) is 10.8. The number of sulfonamides is 1. The van der Waals surface area contributed by atoms with Crippen molar-refractivity contribution in [3.05, 3.63) is 59.9 Å². The van der Waals surface area contributed by atoms with Gasteiger partial charge in [-0.1, -0.05) is 12.1 Å². The molecule has 0 saturated heterocycles. The van der Waals surface area contributed by atoms with E-state index in [1.54, 1.807) is 12.1 Å². The molecule has 9 heteroatoms. The third kappa shape index (κ3) is 6.17. The van der Waals surface area contributed by atoms with Gasteiger partial charge in [-0.15, -0.1) is 0 Å². The number of rotatable bonds is 7. The molecule has 0 saturated carbocycles. The zero-order chi connectivity index (χ0) is 19.2. The van der Waals surface area contributed by atoms with E-state index in [1.165, 1.54) is 37.3 Å². The van der Waals surface area contributed by atoms with Crippen LogP contribution in [0.1, 0.15) is 17.3 Å². The number of anilines is 2. The van der Waals surface area contributed by atoms with E-state index >= 15 is 0 Å². The van der Waals surface area contributed by atoms with Gasteiger partial charge in [-0.2, -0.15) is 0 Å². The average Bonchev–Trinajstić information content (AvgIpc) is 2.53. The topological polar surface area (TPSA) is 104 Å². The first-order valence-corrected chi connectivity index (χ1v) is 9.32. The summed E-state index contributed by atoms with van der Waals surface area (Å²) in [7, 11) is -3.72. The van der Waals surface area contributed by atoms with Gasteiger partial charge in [0.2, 0.25) is 15.9 Å². The maximum Gasteiger partial charge on any atom is 0.251 e. The van der Waals surface area contributed by atoms with Crippen LogP contribution in [0.5, 0.6) is 0 Å². The molecule has 2 aromatic carbocycles. The van der Waals surface area contributed by atoms with Gasteiger partial charge < -0.3 is 10.6 Å². The third-order valence-corrected chi connectivity index (χ3v) is 4.49. The van der Waals surface area contributed by atoms with E-state index in [-0.39, 0.29) is 29.5 Å². The Morgan fingerprint density at radius 1 is 1.04 bits per heavy atom. The number of carbonyl (C=O) groups is 2. The molecule has 2 amide bonds. The molecule has 0 fully saturated rings. The summed E-state index contributed by atoms with van der Waals surface area (Å²) in [6, 6.07) is 11.3. The van der Waals surface area contributed by atoms with Crippen molar-refractivity contribution in [2.45, 2.75) is 6.92 Å². The molecule has 3 N–H and O–H groups in total. The minimum absolute atomic E-state index is 0.110. The molecule has 0 bridgehead atoms. The first-order chi connectivity index (χ1) is 12.2. The highest BCUT2D eigenvalue weighted by Gasteiger charge is 2.13. The first kappa shape index (κ1) is 19.4. The van der Waals surface area contributed by atoms with Crippen molar-refractivity contribution in [1.29, 1.82) is 0 Å². The third-order valence-electron chi connectivity index (χ3n) is 3.20. The molecular formula is C17H18FN3O4S. The Bertz CT molecular complexity index is 916. The van der Waals surface area contributed by atoms with Gasteiger partial charge >= 0.3 is 0 Å². The van der Waals surface area contributed by atoms with E-state index in [9.17, 15) is 22.4 Å². The van der Waals surface area contributed by atoms with Crippen LogP contribution >= 0.6 is 0 Å². The van der Waals surface area contributed by atoms with E-state index in [2.05, 4.69) is 15.4 Å². The Kier molecular flexibility index (Phi) is 6.29. The minimum Gasteiger partial charge on any atom is -0.351 e. The predicted molar refractivity (Wildman–Crippen MR) is 96.9 cm³/mol. The summed E-state index contributed by atoms with van der Waals surface area (Å²) in [5, 5.41) is 4.97. The van der Waals surface area contributed by atoms with Gasteiger partial charge in [0, 0.05) is 24.7 Å². The summed E-state index contributed by atoms with van der Waals surface area (Å²) in [5.41, 5.74) is 0.850. The van der Waals surface area contributed by atoms with E-state index in [1.807, 2.05) is 0 Å². The van der Waals surface area contributed by atoms with Gasteiger partial charge in [-0.25, -0.2) is 12.8 Å². The number of halogens is 1. The van der Waals surface area contributed by atoms with Crippen LogP contribution < -0.4 is 15.4 Å². The molecule has 2 aromatic rings. The average molecular weight is 379 g/mol. The highest BCUT2D eigenvalue weighted by atomic mass is 32.2. The molecule has 0 aliphatic carbocycles. The lowest BCUT2D eigenvalue weighted by atomic mass is 10.2. The fourth-order valence-electron chi connectivity index (χ4n) is 2.12. The number of amides is 2. The van der Waals surface area contributed by atoms with Crippen molar-refractivity contribution in [2.75, 3.05) is 22.3 Å². The van der Waals surface area contributed by atoms with Crippen LogP contribution in [-0.2, 0) is 14.8 Å². The highest BCUT2D eigenvalue weighted by molar-refractivity contribution is 7.92. The number of carbonyl (C=O) groups excluding carboxylic acids is 2. The summed E-state index contributed by atoms with van der Waals surface area (Å²) >= 11 is 0. The van der Waals surface area contributed by atoms with Crippen molar-refractivity contribution in [3.8, 4) is 0 Å². The molecule has 0 atom stereocenters. The zero-order valence-electron chi connectivity index (χ0n) is 14.0. The molecule has 26 heavy (non-hydrogen) atoms. The van der Waals surface area contributed by atoms with Crippen molar-refractivity contribution in [3.63, 3.8) is 0 Å². The summed E-state index contributed by atoms with van der Waals surface area (Å²) in [6.45, 7) is 1.20. The summed E-state index contributed by atoms with van der Waals surface area (Å²) in [4.78, 5) is 22.9. The molecule has 2 rings (SSSR count). The maximum atomic E-state index is 13.1. The lowest BCUT2D eigenvalue weighted by Gasteiger charge is -2.10. The van der Waals surface area contributed by atoms with Crippen LogP contribution in [0.2, 0.25) is 0 Å². The Hall–Kier alpha value is -2.94. The molecule has 7 nitrogen and oxygen atoms in total. The molecule has 0 heterocycles. The molecule has 0 unspecified atom stereocenters. The van der Waals surface area contributed by atoms with Gasteiger partial charge in [-0.3, -0.25) is 14.3 Å². The summed E-state index contributed by atoms with van der Waals surface area (Å²) in [6.07, 6.45) is 0. The van der Waals surface area contributed by atoms with E-state index < -0.39 is 21.7 Å². The predicted octanol–water partition coefficient (Wildman–Crippen LogP) is 1.96. The van der Waals surface area contributed by atoms with Crippen LogP contribution in [0.25, 0.3) is 0 Å². The second kappa shape index (κ2) is 8.43. The van der Waals surface area contributed by atoms with Crippen LogP contribution in [0.3, 0.4) is 0 Å². The van der Waals surface area contributed by atoms with Crippen LogP contribution in [0.15, 0.2) is 48.5 Å². The number of hydrogen-bond acceptors (Lipinski definition) is 4. The van der Waals surface area contributed by atoms with Gasteiger partial charge in [0.15, 0.2) is 0 Å². The molecule has 0 aliphatic heterocycles. The van der Waals surface area contributed by atoms with Crippen LogP contribution in [0, 0.1) is 5.82 Å². The minimum atomic E-state index is -3.72. The number of nitrogens with one attached hydrogen (secondary N) is 3. The number of benzene rings is 2. The molecule has 138 valence electrons. The molecule has 0 radical (unpaired) electrons. The Morgan fingerprint density at radius 2 is 1.73 bits per heavy atom. The highest BCUT2D eigenvalue weighted by Crippen LogP contribution is 2.16. The van der Waals surface area contributed by atoms with Crippen molar-refractivity contribution in [2.24, 2.45) is 0 Å². The molecular weight excluding hydrogens is 361 g/mol. The van der Waals surface area contributed by atoms with E-state index in [0.29, 0.717) is 5.69 Å². The second-order valence-corrected chi connectivity index (χ2v) is 7.29. The molecule has 0 aromatic heterocycles. The van der Waals surface area contributed by atoms with Crippen molar-refractivity contribution < 1.29 is 22.4 Å². The van der Waals surface area contributed by atoms with E-state index in [4.69, 9.17) is 0 Å². The smallest absolute Gasteiger partial charge is 0.251 e. The second-order valence-electron chi connectivity index (χ2n) is 5.45. The quantitative estimate of drug-likeness (QED) is 0.684. The molecule has 0 aliphatic rings.